The Kier molecular flexibility index (Phi) is 5.23. The van der Waals surface area contributed by atoms with Gasteiger partial charge in [0.15, 0.2) is 0 Å². The van der Waals surface area contributed by atoms with E-state index in [0.29, 0.717) is 18.2 Å². The number of hydrogen-bond acceptors (Lipinski definition) is 4. The van der Waals surface area contributed by atoms with Crippen molar-refractivity contribution < 1.29 is 9.47 Å². The molecule has 0 amide bonds. The van der Waals surface area contributed by atoms with Crippen molar-refractivity contribution in [3.63, 3.8) is 0 Å². The van der Waals surface area contributed by atoms with Gasteiger partial charge in [0.05, 0.1) is 19.3 Å². The van der Waals surface area contributed by atoms with Crippen LogP contribution in [-0.2, 0) is 9.47 Å². The molecular weight excluding hydrogens is 240 g/mol. The molecule has 1 heterocycles. The summed E-state index contributed by atoms with van der Waals surface area (Å²) in [7, 11) is 1.80. The fourth-order valence-electron chi connectivity index (χ4n) is 3.30. The Morgan fingerprint density at radius 3 is 2.84 bits per heavy atom. The molecule has 3 unspecified atom stereocenters. The minimum absolute atomic E-state index is 0.160. The van der Waals surface area contributed by atoms with Gasteiger partial charge in [0.25, 0.3) is 0 Å². The number of nitrogens with zero attached hydrogens (tertiary/aromatic N) is 1. The van der Waals surface area contributed by atoms with Gasteiger partial charge in [-0.25, -0.2) is 0 Å². The van der Waals surface area contributed by atoms with Gasteiger partial charge in [-0.2, -0.15) is 0 Å². The molecule has 3 atom stereocenters. The van der Waals surface area contributed by atoms with Crippen molar-refractivity contribution >= 4 is 0 Å². The molecule has 2 aliphatic rings. The molecule has 0 aromatic heterocycles. The third-order valence-corrected chi connectivity index (χ3v) is 4.22. The predicted molar refractivity (Wildman–Crippen MR) is 77.5 cm³/mol. The molecule has 0 aromatic carbocycles. The number of fused-ring (bicyclic) bond motifs is 1. The van der Waals surface area contributed by atoms with Crippen LogP contribution >= 0.6 is 0 Å². The summed E-state index contributed by atoms with van der Waals surface area (Å²) in [5.41, 5.74) is 0.160. The molecule has 4 nitrogen and oxygen atoms in total. The fourth-order valence-corrected chi connectivity index (χ4v) is 3.30. The molecule has 2 fully saturated rings. The zero-order valence-electron chi connectivity index (χ0n) is 12.9. The Hall–Kier alpha value is -0.160. The molecule has 1 saturated carbocycles. The van der Waals surface area contributed by atoms with Crippen molar-refractivity contribution in [3.05, 3.63) is 0 Å². The minimum atomic E-state index is 0.160. The molecule has 1 N–H and O–H groups in total. The molecule has 1 aliphatic heterocycles. The van der Waals surface area contributed by atoms with Crippen molar-refractivity contribution in [2.75, 3.05) is 33.4 Å². The molecule has 0 aromatic rings. The van der Waals surface area contributed by atoms with Crippen molar-refractivity contribution in [2.24, 2.45) is 0 Å². The second-order valence-corrected chi connectivity index (χ2v) is 6.89. The average molecular weight is 270 g/mol. The molecular formula is C15H30N2O2. The Morgan fingerprint density at radius 2 is 2.16 bits per heavy atom. The molecule has 112 valence electrons. The van der Waals surface area contributed by atoms with Gasteiger partial charge in [0.1, 0.15) is 0 Å². The summed E-state index contributed by atoms with van der Waals surface area (Å²) in [5.74, 6) is 0. The van der Waals surface area contributed by atoms with Crippen LogP contribution in [0.15, 0.2) is 0 Å². The summed E-state index contributed by atoms with van der Waals surface area (Å²) in [6, 6.07) is 1.06. The predicted octanol–water partition coefficient (Wildman–Crippen LogP) is 1.64. The van der Waals surface area contributed by atoms with Crippen LogP contribution in [0, 0.1) is 0 Å². The highest BCUT2D eigenvalue weighted by Crippen LogP contribution is 2.30. The Labute approximate surface area is 117 Å². The largest absolute Gasteiger partial charge is 0.383 e. The van der Waals surface area contributed by atoms with Crippen LogP contribution < -0.4 is 5.32 Å². The van der Waals surface area contributed by atoms with Crippen LogP contribution in [0.3, 0.4) is 0 Å². The Bertz CT molecular complexity index is 278. The first-order valence-corrected chi connectivity index (χ1v) is 7.62. The highest BCUT2D eigenvalue weighted by molar-refractivity contribution is 4.93. The number of morpholine rings is 1. The molecule has 2 rings (SSSR count). The Balaban J connectivity index is 1.96. The van der Waals surface area contributed by atoms with Gasteiger partial charge >= 0.3 is 0 Å². The average Bonchev–Trinajstić information content (AvgIpc) is 2.81. The summed E-state index contributed by atoms with van der Waals surface area (Å²) in [6.45, 7) is 10.3. The molecule has 19 heavy (non-hydrogen) atoms. The van der Waals surface area contributed by atoms with E-state index in [9.17, 15) is 0 Å². The van der Waals surface area contributed by atoms with E-state index in [4.69, 9.17) is 9.47 Å². The standard InChI is InChI=1S/C15H30N2O2/c1-15(2,3)16-10-12(11-18-4)17-8-9-19-14-7-5-6-13(14)17/h12-14,16H,5-11H2,1-4H3. The van der Waals surface area contributed by atoms with Crippen LogP contribution in [0.5, 0.6) is 0 Å². The maximum atomic E-state index is 5.90. The number of ether oxygens (including phenoxy) is 2. The zero-order valence-corrected chi connectivity index (χ0v) is 12.9. The summed E-state index contributed by atoms with van der Waals surface area (Å²) in [5, 5.41) is 3.62. The SMILES string of the molecule is COCC(CNC(C)(C)C)N1CCOC2CCCC21. The quantitative estimate of drug-likeness (QED) is 0.823. The van der Waals surface area contributed by atoms with E-state index in [2.05, 4.69) is 31.0 Å². The van der Waals surface area contributed by atoms with E-state index < -0.39 is 0 Å². The highest BCUT2D eigenvalue weighted by atomic mass is 16.5. The van der Waals surface area contributed by atoms with E-state index in [0.717, 1.165) is 26.3 Å². The molecule has 0 bridgehead atoms. The molecule has 1 aliphatic carbocycles. The second-order valence-electron chi connectivity index (χ2n) is 6.89. The lowest BCUT2D eigenvalue weighted by atomic mass is 10.1. The van der Waals surface area contributed by atoms with E-state index >= 15 is 0 Å². The first-order chi connectivity index (χ1) is 9.01. The van der Waals surface area contributed by atoms with Crippen molar-refractivity contribution in [1.29, 1.82) is 0 Å². The monoisotopic (exact) mass is 270 g/mol. The van der Waals surface area contributed by atoms with Gasteiger partial charge in [0, 0.05) is 37.8 Å². The van der Waals surface area contributed by atoms with Gasteiger partial charge in [-0.3, -0.25) is 4.90 Å². The lowest BCUT2D eigenvalue weighted by Crippen LogP contribution is -2.58. The topological polar surface area (TPSA) is 33.7 Å². The maximum Gasteiger partial charge on any atom is 0.0731 e. The summed E-state index contributed by atoms with van der Waals surface area (Å²) < 4.78 is 11.4. The van der Waals surface area contributed by atoms with Crippen LogP contribution in [-0.4, -0.2) is 62.0 Å². The third kappa shape index (κ3) is 4.15. The first-order valence-electron chi connectivity index (χ1n) is 7.62. The number of nitrogens with one attached hydrogen (secondary N) is 1. The van der Waals surface area contributed by atoms with E-state index in [1.807, 2.05) is 0 Å². The number of rotatable bonds is 5. The van der Waals surface area contributed by atoms with Gasteiger partial charge in [-0.1, -0.05) is 0 Å². The van der Waals surface area contributed by atoms with Crippen molar-refractivity contribution in [2.45, 2.75) is 63.8 Å². The smallest absolute Gasteiger partial charge is 0.0731 e. The maximum absolute atomic E-state index is 5.90. The van der Waals surface area contributed by atoms with E-state index in [1.165, 1.54) is 19.3 Å². The van der Waals surface area contributed by atoms with Gasteiger partial charge in [0.2, 0.25) is 0 Å². The van der Waals surface area contributed by atoms with Crippen LogP contribution in [0.2, 0.25) is 0 Å². The molecule has 0 spiro atoms. The van der Waals surface area contributed by atoms with Gasteiger partial charge in [-0.05, 0) is 40.0 Å². The number of hydrogen-bond donors (Lipinski definition) is 1. The minimum Gasteiger partial charge on any atom is -0.383 e. The lowest BCUT2D eigenvalue weighted by Gasteiger charge is -2.43. The normalized spacial score (nSPS) is 30.3. The van der Waals surface area contributed by atoms with Crippen molar-refractivity contribution in [3.8, 4) is 0 Å². The molecule has 0 radical (unpaired) electrons. The highest BCUT2D eigenvalue weighted by Gasteiger charge is 2.39. The molecule has 1 saturated heterocycles. The lowest BCUT2D eigenvalue weighted by molar-refractivity contribution is -0.0812. The second kappa shape index (κ2) is 6.53. The Morgan fingerprint density at radius 1 is 1.37 bits per heavy atom. The van der Waals surface area contributed by atoms with E-state index in [-0.39, 0.29) is 5.54 Å². The first kappa shape index (κ1) is 15.2. The van der Waals surface area contributed by atoms with Crippen molar-refractivity contribution in [1.82, 2.24) is 10.2 Å². The summed E-state index contributed by atoms with van der Waals surface area (Å²) >= 11 is 0. The van der Waals surface area contributed by atoms with E-state index in [1.54, 1.807) is 7.11 Å². The summed E-state index contributed by atoms with van der Waals surface area (Å²) in [6.07, 6.45) is 4.27. The third-order valence-electron chi connectivity index (χ3n) is 4.22. The fraction of sp³-hybridized carbons (Fsp3) is 1.00. The van der Waals surface area contributed by atoms with Gasteiger partial charge in [-0.15, -0.1) is 0 Å². The number of methoxy groups -OCH3 is 1. The van der Waals surface area contributed by atoms with Crippen LogP contribution in [0.1, 0.15) is 40.0 Å². The van der Waals surface area contributed by atoms with Crippen LogP contribution in [0.4, 0.5) is 0 Å². The summed E-state index contributed by atoms with van der Waals surface area (Å²) in [4.78, 5) is 2.63. The molecule has 4 heteroatoms. The zero-order chi connectivity index (χ0) is 13.9. The van der Waals surface area contributed by atoms with Crippen LogP contribution in [0.25, 0.3) is 0 Å². The van der Waals surface area contributed by atoms with Gasteiger partial charge < -0.3 is 14.8 Å².